The normalized spacial score (nSPS) is 16.9. The molecular weight excluding hydrogens is 398 g/mol. The molecule has 3 rings (SSSR count). The molecule has 0 saturated carbocycles. The molecular formula is C20H24ClN3O3S. The molecule has 2 aromatic carbocycles. The summed E-state index contributed by atoms with van der Waals surface area (Å²) in [5.41, 5.74) is 1.84. The number of nitrogens with zero attached hydrogens (tertiary/aromatic N) is 1. The van der Waals surface area contributed by atoms with E-state index in [9.17, 15) is 13.2 Å². The van der Waals surface area contributed by atoms with Gasteiger partial charge in [0.25, 0.3) is 0 Å². The van der Waals surface area contributed by atoms with Gasteiger partial charge in [0.2, 0.25) is 15.9 Å². The highest BCUT2D eigenvalue weighted by Gasteiger charge is 2.19. The number of benzene rings is 2. The van der Waals surface area contributed by atoms with Crippen molar-refractivity contribution in [2.45, 2.75) is 24.7 Å². The zero-order valence-electron chi connectivity index (χ0n) is 15.7. The summed E-state index contributed by atoms with van der Waals surface area (Å²) < 4.78 is 26.8. The van der Waals surface area contributed by atoms with E-state index in [2.05, 4.69) is 21.9 Å². The number of nitrogens with one attached hydrogen (secondary N) is 2. The molecule has 1 fully saturated rings. The number of hydrogen-bond acceptors (Lipinski definition) is 4. The molecule has 0 bridgehead atoms. The van der Waals surface area contributed by atoms with E-state index in [1.807, 2.05) is 24.3 Å². The van der Waals surface area contributed by atoms with Gasteiger partial charge in [-0.25, -0.2) is 13.1 Å². The van der Waals surface area contributed by atoms with Crippen LogP contribution in [0.15, 0.2) is 53.4 Å². The maximum absolute atomic E-state index is 12.2. The number of carbonyl (C=O) groups excluding carboxylic acids is 1. The van der Waals surface area contributed by atoms with Crippen molar-refractivity contribution in [2.75, 3.05) is 29.9 Å². The van der Waals surface area contributed by atoms with Crippen molar-refractivity contribution in [1.82, 2.24) is 4.72 Å². The van der Waals surface area contributed by atoms with Crippen LogP contribution in [0.3, 0.4) is 0 Å². The topological polar surface area (TPSA) is 78.5 Å². The highest BCUT2D eigenvalue weighted by molar-refractivity contribution is 7.89. The van der Waals surface area contributed by atoms with Crippen molar-refractivity contribution in [3.63, 3.8) is 0 Å². The largest absolute Gasteiger partial charge is 0.371 e. The molecule has 6 nitrogen and oxygen atoms in total. The Morgan fingerprint density at radius 3 is 2.61 bits per heavy atom. The average Bonchev–Trinajstić information content (AvgIpc) is 3.08. The number of rotatable bonds is 7. The fourth-order valence-corrected chi connectivity index (χ4v) is 4.50. The Hall–Kier alpha value is -2.09. The summed E-state index contributed by atoms with van der Waals surface area (Å²) in [5.74, 6) is 0.450. The molecule has 0 aromatic heterocycles. The molecule has 1 atom stereocenters. The van der Waals surface area contributed by atoms with Crippen LogP contribution in [0.1, 0.15) is 19.8 Å². The lowest BCUT2D eigenvalue weighted by molar-refractivity contribution is -0.116. The monoisotopic (exact) mass is 421 g/mol. The van der Waals surface area contributed by atoms with E-state index in [-0.39, 0.29) is 23.8 Å². The van der Waals surface area contributed by atoms with E-state index in [1.165, 1.54) is 18.6 Å². The van der Waals surface area contributed by atoms with E-state index in [1.54, 1.807) is 12.1 Å². The lowest BCUT2D eigenvalue weighted by Gasteiger charge is -2.18. The summed E-state index contributed by atoms with van der Waals surface area (Å²) >= 11 is 5.83. The van der Waals surface area contributed by atoms with Crippen LogP contribution in [0.4, 0.5) is 11.4 Å². The van der Waals surface area contributed by atoms with Crippen LogP contribution in [-0.2, 0) is 14.8 Å². The van der Waals surface area contributed by atoms with Crippen LogP contribution in [-0.4, -0.2) is 34.0 Å². The molecule has 1 aliphatic heterocycles. The van der Waals surface area contributed by atoms with Crippen molar-refractivity contribution < 1.29 is 13.2 Å². The number of sulfonamides is 1. The molecule has 1 aliphatic rings. The van der Waals surface area contributed by atoms with Gasteiger partial charge >= 0.3 is 0 Å². The van der Waals surface area contributed by atoms with Crippen LogP contribution in [0, 0.1) is 5.92 Å². The van der Waals surface area contributed by atoms with Gasteiger partial charge in [0.05, 0.1) is 4.90 Å². The first-order valence-corrected chi connectivity index (χ1v) is 11.1. The molecule has 1 unspecified atom stereocenters. The van der Waals surface area contributed by atoms with Gasteiger partial charge in [-0.1, -0.05) is 24.6 Å². The minimum absolute atomic E-state index is 0.00439. The molecule has 0 radical (unpaired) electrons. The Kier molecular flexibility index (Phi) is 6.59. The zero-order chi connectivity index (χ0) is 20.1. The SMILES string of the molecule is CC1CCN(c2ccc(NC(=O)CCNS(=O)(=O)c3cccc(Cl)c3)cc2)C1. The van der Waals surface area contributed by atoms with Crippen molar-refractivity contribution in [3.8, 4) is 0 Å². The maximum Gasteiger partial charge on any atom is 0.240 e. The Morgan fingerprint density at radius 2 is 1.96 bits per heavy atom. The summed E-state index contributed by atoms with van der Waals surface area (Å²) in [4.78, 5) is 14.5. The molecule has 0 spiro atoms. The first-order valence-electron chi connectivity index (χ1n) is 9.23. The predicted molar refractivity (Wildman–Crippen MR) is 112 cm³/mol. The first-order chi connectivity index (χ1) is 13.3. The highest BCUT2D eigenvalue weighted by Crippen LogP contribution is 2.24. The molecule has 2 aromatic rings. The molecule has 1 saturated heterocycles. The van der Waals surface area contributed by atoms with E-state index >= 15 is 0 Å². The fraction of sp³-hybridized carbons (Fsp3) is 0.350. The van der Waals surface area contributed by atoms with Crippen molar-refractivity contribution in [2.24, 2.45) is 5.92 Å². The van der Waals surface area contributed by atoms with Gasteiger partial charge in [-0.2, -0.15) is 0 Å². The first kappa shape index (κ1) is 20.6. The number of hydrogen-bond donors (Lipinski definition) is 2. The number of amides is 1. The average molecular weight is 422 g/mol. The van der Waals surface area contributed by atoms with E-state index < -0.39 is 10.0 Å². The van der Waals surface area contributed by atoms with Gasteiger partial charge in [-0.15, -0.1) is 0 Å². The van der Waals surface area contributed by atoms with E-state index in [4.69, 9.17) is 11.6 Å². The van der Waals surface area contributed by atoms with Gasteiger partial charge in [-0.05, 0) is 54.8 Å². The molecule has 28 heavy (non-hydrogen) atoms. The number of carbonyl (C=O) groups is 1. The third kappa shape index (κ3) is 5.47. The van der Waals surface area contributed by atoms with Crippen molar-refractivity contribution in [3.05, 3.63) is 53.6 Å². The van der Waals surface area contributed by atoms with Gasteiger partial charge < -0.3 is 10.2 Å². The van der Waals surface area contributed by atoms with Crippen LogP contribution >= 0.6 is 11.6 Å². The lowest BCUT2D eigenvalue weighted by Crippen LogP contribution is -2.27. The number of halogens is 1. The zero-order valence-corrected chi connectivity index (χ0v) is 17.3. The minimum atomic E-state index is -3.69. The molecule has 1 amide bonds. The molecule has 150 valence electrons. The Bertz CT molecular complexity index is 932. The second kappa shape index (κ2) is 8.94. The highest BCUT2D eigenvalue weighted by atomic mass is 35.5. The molecule has 0 aliphatic carbocycles. The van der Waals surface area contributed by atoms with E-state index in [0.29, 0.717) is 16.6 Å². The minimum Gasteiger partial charge on any atom is -0.371 e. The van der Waals surface area contributed by atoms with Crippen LogP contribution < -0.4 is 14.9 Å². The smallest absolute Gasteiger partial charge is 0.240 e. The quantitative estimate of drug-likeness (QED) is 0.717. The van der Waals surface area contributed by atoms with Gasteiger partial charge in [-0.3, -0.25) is 4.79 Å². The van der Waals surface area contributed by atoms with Crippen molar-refractivity contribution >= 4 is 38.9 Å². The molecule has 2 N–H and O–H groups in total. The van der Waals surface area contributed by atoms with Crippen molar-refractivity contribution in [1.29, 1.82) is 0 Å². The second-order valence-electron chi connectivity index (χ2n) is 7.04. The Labute approximate surface area is 170 Å². The van der Waals surface area contributed by atoms with E-state index in [0.717, 1.165) is 18.8 Å². The Morgan fingerprint density at radius 1 is 1.21 bits per heavy atom. The standard InChI is InChI=1S/C20H24ClN3O3S/c1-15-10-12-24(14-15)18-7-5-17(6-8-18)23-20(25)9-11-22-28(26,27)19-4-2-3-16(21)13-19/h2-8,13,15,22H,9-12,14H2,1H3,(H,23,25). The van der Waals surface area contributed by atoms with Crippen LogP contribution in [0.25, 0.3) is 0 Å². The van der Waals surface area contributed by atoms with Gasteiger partial charge in [0, 0.05) is 42.5 Å². The summed E-state index contributed by atoms with van der Waals surface area (Å²) in [6.45, 7) is 4.36. The molecule has 8 heteroatoms. The summed E-state index contributed by atoms with van der Waals surface area (Å²) in [7, 11) is -3.69. The Balaban J connectivity index is 1.48. The number of anilines is 2. The molecule has 1 heterocycles. The summed E-state index contributed by atoms with van der Waals surface area (Å²) in [6, 6.07) is 13.7. The maximum atomic E-state index is 12.2. The third-order valence-electron chi connectivity index (χ3n) is 4.69. The fourth-order valence-electron chi connectivity index (χ4n) is 3.17. The van der Waals surface area contributed by atoms with Crippen LogP contribution in [0.2, 0.25) is 5.02 Å². The third-order valence-corrected chi connectivity index (χ3v) is 6.38. The predicted octanol–water partition coefficient (Wildman–Crippen LogP) is 3.49. The van der Waals surface area contributed by atoms with Gasteiger partial charge in [0.15, 0.2) is 0 Å². The van der Waals surface area contributed by atoms with Crippen LogP contribution in [0.5, 0.6) is 0 Å². The van der Waals surface area contributed by atoms with Gasteiger partial charge in [0.1, 0.15) is 0 Å². The summed E-state index contributed by atoms with van der Waals surface area (Å²) in [5, 5.41) is 3.13. The second-order valence-corrected chi connectivity index (χ2v) is 9.24. The lowest BCUT2D eigenvalue weighted by atomic mass is 10.2. The summed E-state index contributed by atoms with van der Waals surface area (Å²) in [6.07, 6.45) is 1.23.